The van der Waals surface area contributed by atoms with E-state index in [1.165, 1.54) is 11.3 Å². The highest BCUT2D eigenvalue weighted by molar-refractivity contribution is 7.21. The Balaban J connectivity index is 2.64. The van der Waals surface area contributed by atoms with Crippen molar-refractivity contribution in [3.63, 3.8) is 0 Å². The molecule has 0 aliphatic heterocycles. The van der Waals surface area contributed by atoms with Crippen molar-refractivity contribution in [3.8, 4) is 5.75 Å². The van der Waals surface area contributed by atoms with E-state index >= 15 is 0 Å². The minimum absolute atomic E-state index is 0.0200. The summed E-state index contributed by atoms with van der Waals surface area (Å²) in [5, 5.41) is 10.7. The van der Waals surface area contributed by atoms with Crippen molar-refractivity contribution in [3.05, 3.63) is 22.3 Å². The first-order valence-corrected chi connectivity index (χ1v) is 6.13. The van der Waals surface area contributed by atoms with Crippen LogP contribution in [0.4, 0.5) is 0 Å². The summed E-state index contributed by atoms with van der Waals surface area (Å²) in [7, 11) is 0. The Morgan fingerprint density at radius 1 is 1.53 bits per heavy atom. The molecule has 2 aromatic heterocycles. The molecule has 17 heavy (non-hydrogen) atoms. The molecule has 0 atom stereocenters. The topological polar surface area (TPSA) is 59.4 Å². The van der Waals surface area contributed by atoms with Crippen molar-refractivity contribution in [1.82, 2.24) is 4.98 Å². The fourth-order valence-electron chi connectivity index (χ4n) is 1.77. The third-order valence-corrected chi connectivity index (χ3v) is 3.52. The van der Waals surface area contributed by atoms with Crippen LogP contribution in [0.2, 0.25) is 0 Å². The van der Waals surface area contributed by atoms with Crippen LogP contribution in [0, 0.1) is 13.8 Å². The number of hydrogen-bond donors (Lipinski definition) is 1. The third-order valence-electron chi connectivity index (χ3n) is 2.42. The van der Waals surface area contributed by atoms with Crippen molar-refractivity contribution in [1.29, 1.82) is 0 Å². The number of fused-ring (bicyclic) bond motifs is 1. The van der Waals surface area contributed by atoms with E-state index in [4.69, 9.17) is 4.74 Å². The maximum absolute atomic E-state index is 11.6. The van der Waals surface area contributed by atoms with Gasteiger partial charge in [0.15, 0.2) is 10.6 Å². The maximum Gasteiger partial charge on any atom is 0.352 e. The molecule has 90 valence electrons. The van der Waals surface area contributed by atoms with Gasteiger partial charge in [0.1, 0.15) is 0 Å². The number of thiophene rings is 1. The molecular weight excluding hydrogens is 238 g/mol. The lowest BCUT2D eigenvalue weighted by Crippen LogP contribution is -2.02. The number of carbonyl (C=O) groups excluding carboxylic acids is 1. The third kappa shape index (κ3) is 1.98. The van der Waals surface area contributed by atoms with E-state index in [2.05, 4.69) is 4.98 Å². The molecule has 2 heterocycles. The Labute approximate surface area is 103 Å². The van der Waals surface area contributed by atoms with E-state index in [9.17, 15) is 9.90 Å². The summed E-state index contributed by atoms with van der Waals surface area (Å²) in [6.45, 7) is 5.73. The predicted octanol–water partition coefficient (Wildman–Crippen LogP) is 2.80. The first-order chi connectivity index (χ1) is 8.04. The highest BCUT2D eigenvalue weighted by Gasteiger charge is 2.20. The molecule has 0 aliphatic rings. The number of carbonyl (C=O) groups is 1. The molecule has 0 saturated heterocycles. The van der Waals surface area contributed by atoms with Gasteiger partial charge in [0.25, 0.3) is 0 Å². The molecule has 0 bridgehead atoms. The van der Waals surface area contributed by atoms with Crippen molar-refractivity contribution in [2.75, 3.05) is 6.61 Å². The molecule has 0 radical (unpaired) electrons. The largest absolute Gasteiger partial charge is 0.505 e. The Bertz CT molecular complexity index is 589. The zero-order chi connectivity index (χ0) is 12.6. The Kier molecular flexibility index (Phi) is 3.02. The van der Waals surface area contributed by atoms with E-state index in [1.54, 1.807) is 6.92 Å². The molecule has 0 aromatic carbocycles. The summed E-state index contributed by atoms with van der Waals surface area (Å²) in [6.07, 6.45) is 0. The van der Waals surface area contributed by atoms with Crippen molar-refractivity contribution in [2.24, 2.45) is 0 Å². The van der Waals surface area contributed by atoms with Gasteiger partial charge in [0, 0.05) is 16.1 Å². The van der Waals surface area contributed by atoms with Gasteiger partial charge in [-0.3, -0.25) is 4.98 Å². The zero-order valence-corrected chi connectivity index (χ0v) is 10.7. The van der Waals surface area contributed by atoms with Gasteiger partial charge in [0.05, 0.1) is 12.0 Å². The molecular formula is C12H13NO3S. The van der Waals surface area contributed by atoms with Crippen molar-refractivity contribution >= 4 is 27.4 Å². The van der Waals surface area contributed by atoms with Crippen LogP contribution >= 0.6 is 11.3 Å². The molecule has 5 heteroatoms. The first-order valence-electron chi connectivity index (χ1n) is 5.31. The van der Waals surface area contributed by atoms with Crippen molar-refractivity contribution in [2.45, 2.75) is 20.8 Å². The SMILES string of the molecule is CCOC(=O)c1sc2cc(C)nc(C)c2c1O. The van der Waals surface area contributed by atoms with Gasteiger partial charge >= 0.3 is 5.97 Å². The fraction of sp³-hybridized carbons (Fsp3) is 0.333. The molecule has 0 fully saturated rings. The van der Waals surface area contributed by atoms with Gasteiger partial charge < -0.3 is 9.84 Å². The normalized spacial score (nSPS) is 10.8. The number of ether oxygens (including phenoxy) is 1. The summed E-state index contributed by atoms with van der Waals surface area (Å²) in [4.78, 5) is 16.2. The molecule has 0 saturated carbocycles. The van der Waals surface area contributed by atoms with Crippen LogP contribution in [0.15, 0.2) is 6.07 Å². The van der Waals surface area contributed by atoms with Crippen LogP contribution in [0.1, 0.15) is 28.0 Å². The highest BCUT2D eigenvalue weighted by Crippen LogP contribution is 2.38. The molecule has 1 N–H and O–H groups in total. The number of aromatic nitrogens is 1. The van der Waals surface area contributed by atoms with Crippen molar-refractivity contribution < 1.29 is 14.6 Å². The lowest BCUT2D eigenvalue weighted by Gasteiger charge is -1.99. The maximum atomic E-state index is 11.6. The lowest BCUT2D eigenvalue weighted by molar-refractivity contribution is 0.0529. The molecule has 0 spiro atoms. The van der Waals surface area contributed by atoms with E-state index in [0.29, 0.717) is 12.0 Å². The number of pyridine rings is 1. The van der Waals surface area contributed by atoms with Crippen LogP contribution in [0.25, 0.3) is 10.1 Å². The van der Waals surface area contributed by atoms with Crippen LogP contribution in [0.3, 0.4) is 0 Å². The number of aromatic hydroxyl groups is 1. The first kappa shape index (κ1) is 11.9. The number of aryl methyl sites for hydroxylation is 2. The van der Waals surface area contributed by atoms with E-state index < -0.39 is 5.97 Å². The second-order valence-electron chi connectivity index (χ2n) is 3.72. The van der Waals surface area contributed by atoms with Gasteiger partial charge in [-0.1, -0.05) is 0 Å². The quantitative estimate of drug-likeness (QED) is 0.834. The minimum atomic E-state index is -0.483. The standard InChI is InChI=1S/C12H13NO3S/c1-4-16-12(15)11-10(14)9-7(3)13-6(2)5-8(9)17-11/h5,14H,4H2,1-3H3. The second-order valence-corrected chi connectivity index (χ2v) is 4.77. The summed E-state index contributed by atoms with van der Waals surface area (Å²) in [5.41, 5.74) is 1.59. The monoisotopic (exact) mass is 251 g/mol. The highest BCUT2D eigenvalue weighted by atomic mass is 32.1. The van der Waals surface area contributed by atoms with Gasteiger partial charge in [-0.2, -0.15) is 0 Å². The molecule has 0 aliphatic carbocycles. The predicted molar refractivity (Wildman–Crippen MR) is 66.7 cm³/mol. The Morgan fingerprint density at radius 2 is 2.24 bits per heavy atom. The Morgan fingerprint density at radius 3 is 2.88 bits per heavy atom. The lowest BCUT2D eigenvalue weighted by atomic mass is 10.2. The minimum Gasteiger partial charge on any atom is -0.505 e. The summed E-state index contributed by atoms with van der Waals surface area (Å²) < 4.78 is 5.76. The summed E-state index contributed by atoms with van der Waals surface area (Å²) >= 11 is 1.24. The van der Waals surface area contributed by atoms with Gasteiger partial charge in [-0.05, 0) is 26.8 Å². The number of hydrogen-bond acceptors (Lipinski definition) is 5. The van der Waals surface area contributed by atoms with Crippen LogP contribution in [-0.2, 0) is 4.74 Å². The fourth-order valence-corrected chi connectivity index (χ4v) is 2.91. The van der Waals surface area contributed by atoms with Gasteiger partial charge in [-0.25, -0.2) is 4.79 Å². The molecule has 2 rings (SSSR count). The van der Waals surface area contributed by atoms with E-state index in [0.717, 1.165) is 16.1 Å². The van der Waals surface area contributed by atoms with Crippen LogP contribution in [0.5, 0.6) is 5.75 Å². The Hall–Kier alpha value is -1.62. The average Bonchev–Trinajstić information content (AvgIpc) is 2.56. The number of nitrogens with zero attached hydrogens (tertiary/aromatic N) is 1. The number of esters is 1. The molecule has 0 amide bonds. The smallest absolute Gasteiger partial charge is 0.352 e. The summed E-state index contributed by atoms with van der Waals surface area (Å²) in [6, 6.07) is 1.86. The molecule has 0 unspecified atom stereocenters. The molecule has 4 nitrogen and oxygen atoms in total. The average molecular weight is 251 g/mol. The van der Waals surface area contributed by atoms with E-state index in [1.807, 2.05) is 19.9 Å². The van der Waals surface area contributed by atoms with Gasteiger partial charge in [-0.15, -0.1) is 11.3 Å². The summed E-state index contributed by atoms with van der Waals surface area (Å²) in [5.74, 6) is -0.503. The van der Waals surface area contributed by atoms with Crippen LogP contribution in [-0.4, -0.2) is 22.7 Å². The van der Waals surface area contributed by atoms with Gasteiger partial charge in [0.2, 0.25) is 0 Å². The second kappa shape index (κ2) is 4.33. The van der Waals surface area contributed by atoms with E-state index in [-0.39, 0.29) is 10.6 Å². The zero-order valence-electron chi connectivity index (χ0n) is 9.90. The molecule has 2 aromatic rings. The number of rotatable bonds is 2. The van der Waals surface area contributed by atoms with Crippen LogP contribution < -0.4 is 0 Å².